The predicted octanol–water partition coefficient (Wildman–Crippen LogP) is 2.18. The summed E-state index contributed by atoms with van der Waals surface area (Å²) in [5.74, 6) is 0.251. The maximum atomic E-state index is 12.1. The molecule has 3 nitrogen and oxygen atoms in total. The number of nitrogens with one attached hydrogen (secondary N) is 1. The van der Waals surface area contributed by atoms with Gasteiger partial charge in [-0.1, -0.05) is 29.8 Å². The molecular formula is C14H20N2OS. The van der Waals surface area contributed by atoms with Crippen LogP contribution in [0.15, 0.2) is 24.3 Å². The molecule has 98 valence electrons. The van der Waals surface area contributed by atoms with Crippen molar-refractivity contribution in [2.45, 2.75) is 24.5 Å². The van der Waals surface area contributed by atoms with Gasteiger partial charge in [-0.2, -0.15) is 0 Å². The second-order valence-corrected chi connectivity index (χ2v) is 6.10. The summed E-state index contributed by atoms with van der Waals surface area (Å²) in [4.78, 5) is 14.1. The highest BCUT2D eigenvalue weighted by molar-refractivity contribution is 8.01. The largest absolute Gasteiger partial charge is 0.324 e. The number of likely N-dealkylation sites (N-methyl/N-ethyl adjacent to an activating group) is 1. The van der Waals surface area contributed by atoms with E-state index in [1.165, 1.54) is 11.1 Å². The Labute approximate surface area is 113 Å². The Kier molecular flexibility index (Phi) is 4.30. The van der Waals surface area contributed by atoms with Crippen LogP contribution in [0.1, 0.15) is 23.4 Å². The van der Waals surface area contributed by atoms with Crippen molar-refractivity contribution in [3.05, 3.63) is 35.4 Å². The minimum absolute atomic E-state index is 0.0631. The standard InChI is InChI=1S/C14H20N2OS/c1-10-4-6-12(7-5-10)14-16(9-8-15-3)13(17)11(2)18-14/h4-7,11,14-15H,8-9H2,1-3H3/t11-,14+/m1/s1. The van der Waals surface area contributed by atoms with Crippen LogP contribution in [0.5, 0.6) is 0 Å². The van der Waals surface area contributed by atoms with E-state index in [2.05, 4.69) is 36.5 Å². The fraction of sp³-hybridized carbons (Fsp3) is 0.500. The minimum Gasteiger partial charge on any atom is -0.324 e. The van der Waals surface area contributed by atoms with Crippen molar-refractivity contribution in [2.75, 3.05) is 20.1 Å². The minimum atomic E-state index is 0.0631. The molecule has 0 aromatic heterocycles. The van der Waals surface area contributed by atoms with E-state index in [0.717, 1.165) is 13.1 Å². The monoisotopic (exact) mass is 264 g/mol. The Morgan fingerprint density at radius 2 is 2.00 bits per heavy atom. The van der Waals surface area contributed by atoms with Crippen LogP contribution in [0.2, 0.25) is 0 Å². The van der Waals surface area contributed by atoms with Crippen molar-refractivity contribution in [1.29, 1.82) is 0 Å². The normalized spacial score (nSPS) is 23.7. The first kappa shape index (κ1) is 13.4. The lowest BCUT2D eigenvalue weighted by molar-refractivity contribution is -0.129. The van der Waals surface area contributed by atoms with Crippen LogP contribution in [0.3, 0.4) is 0 Å². The fourth-order valence-corrected chi connectivity index (χ4v) is 3.43. The van der Waals surface area contributed by atoms with Crippen LogP contribution in [-0.2, 0) is 4.79 Å². The van der Waals surface area contributed by atoms with E-state index in [-0.39, 0.29) is 16.5 Å². The van der Waals surface area contributed by atoms with Crippen LogP contribution < -0.4 is 5.32 Å². The summed E-state index contributed by atoms with van der Waals surface area (Å²) in [7, 11) is 1.91. The van der Waals surface area contributed by atoms with Crippen LogP contribution in [0, 0.1) is 6.92 Å². The first-order chi connectivity index (χ1) is 8.63. The number of rotatable bonds is 4. The lowest BCUT2D eigenvalue weighted by atomic mass is 10.1. The first-order valence-corrected chi connectivity index (χ1v) is 7.25. The quantitative estimate of drug-likeness (QED) is 0.904. The van der Waals surface area contributed by atoms with Gasteiger partial charge in [-0.05, 0) is 26.5 Å². The van der Waals surface area contributed by atoms with E-state index in [0.29, 0.717) is 0 Å². The average molecular weight is 264 g/mol. The van der Waals surface area contributed by atoms with Crippen LogP contribution >= 0.6 is 11.8 Å². The Morgan fingerprint density at radius 1 is 1.33 bits per heavy atom. The molecule has 0 bridgehead atoms. The second kappa shape index (κ2) is 5.76. The fourth-order valence-electron chi connectivity index (χ4n) is 2.12. The van der Waals surface area contributed by atoms with Crippen LogP contribution in [0.4, 0.5) is 0 Å². The Hall–Kier alpha value is -1.00. The number of hydrogen-bond donors (Lipinski definition) is 1. The molecular weight excluding hydrogens is 244 g/mol. The number of aryl methyl sites for hydroxylation is 1. The summed E-state index contributed by atoms with van der Waals surface area (Å²) < 4.78 is 0. The van der Waals surface area contributed by atoms with Gasteiger partial charge < -0.3 is 10.2 Å². The number of benzene rings is 1. The van der Waals surface area contributed by atoms with Gasteiger partial charge in [0.1, 0.15) is 5.37 Å². The van der Waals surface area contributed by atoms with Gasteiger partial charge in [0.05, 0.1) is 5.25 Å². The summed E-state index contributed by atoms with van der Waals surface area (Å²) in [6, 6.07) is 8.48. The molecule has 4 heteroatoms. The lowest BCUT2D eigenvalue weighted by Crippen LogP contribution is -2.35. The number of carbonyl (C=O) groups excluding carboxylic acids is 1. The highest BCUT2D eigenvalue weighted by Gasteiger charge is 2.37. The summed E-state index contributed by atoms with van der Waals surface area (Å²) in [6.45, 7) is 5.68. The molecule has 0 spiro atoms. The molecule has 1 heterocycles. The average Bonchev–Trinajstić information content (AvgIpc) is 2.64. The van der Waals surface area contributed by atoms with Crippen molar-refractivity contribution in [2.24, 2.45) is 0 Å². The zero-order valence-corrected chi connectivity index (χ0v) is 12.0. The molecule has 1 fully saturated rings. The molecule has 18 heavy (non-hydrogen) atoms. The number of nitrogens with zero attached hydrogens (tertiary/aromatic N) is 1. The summed E-state index contributed by atoms with van der Waals surface area (Å²) in [5, 5.41) is 3.34. The molecule has 1 aliphatic rings. The Bertz CT molecular complexity index is 418. The molecule has 0 radical (unpaired) electrons. The van der Waals surface area contributed by atoms with Gasteiger partial charge in [0.25, 0.3) is 0 Å². The molecule has 0 unspecified atom stereocenters. The maximum Gasteiger partial charge on any atom is 0.236 e. The molecule has 1 aliphatic heterocycles. The highest BCUT2D eigenvalue weighted by atomic mass is 32.2. The van der Waals surface area contributed by atoms with Crippen molar-refractivity contribution < 1.29 is 4.79 Å². The maximum absolute atomic E-state index is 12.1. The Morgan fingerprint density at radius 3 is 2.61 bits per heavy atom. The summed E-state index contributed by atoms with van der Waals surface area (Å²) >= 11 is 1.74. The van der Waals surface area contributed by atoms with Gasteiger partial charge in [0.2, 0.25) is 5.91 Å². The summed E-state index contributed by atoms with van der Waals surface area (Å²) in [6.07, 6.45) is 0. The molecule has 1 saturated heterocycles. The third-order valence-electron chi connectivity index (χ3n) is 3.21. The first-order valence-electron chi connectivity index (χ1n) is 6.30. The third-order valence-corrected chi connectivity index (χ3v) is 4.61. The van der Waals surface area contributed by atoms with Crippen molar-refractivity contribution in [3.8, 4) is 0 Å². The number of amides is 1. The van der Waals surface area contributed by atoms with E-state index >= 15 is 0 Å². The van der Waals surface area contributed by atoms with Gasteiger partial charge in [-0.15, -0.1) is 11.8 Å². The number of thioether (sulfide) groups is 1. The Balaban J connectivity index is 2.19. The van der Waals surface area contributed by atoms with Crippen molar-refractivity contribution in [1.82, 2.24) is 10.2 Å². The molecule has 1 amide bonds. The highest BCUT2D eigenvalue weighted by Crippen LogP contribution is 2.42. The van der Waals surface area contributed by atoms with E-state index in [4.69, 9.17) is 0 Å². The zero-order valence-electron chi connectivity index (χ0n) is 11.1. The predicted molar refractivity (Wildman–Crippen MR) is 76.6 cm³/mol. The van der Waals surface area contributed by atoms with Crippen LogP contribution in [0.25, 0.3) is 0 Å². The smallest absolute Gasteiger partial charge is 0.236 e. The molecule has 1 aromatic rings. The summed E-state index contributed by atoms with van der Waals surface area (Å²) in [5.41, 5.74) is 2.47. The van der Waals surface area contributed by atoms with Gasteiger partial charge in [0, 0.05) is 13.1 Å². The van der Waals surface area contributed by atoms with Gasteiger partial charge in [0.15, 0.2) is 0 Å². The van der Waals surface area contributed by atoms with E-state index in [1.54, 1.807) is 11.8 Å². The molecule has 0 saturated carbocycles. The third kappa shape index (κ3) is 2.70. The lowest BCUT2D eigenvalue weighted by Gasteiger charge is -2.24. The van der Waals surface area contributed by atoms with Crippen molar-refractivity contribution >= 4 is 17.7 Å². The van der Waals surface area contributed by atoms with Crippen molar-refractivity contribution in [3.63, 3.8) is 0 Å². The van der Waals surface area contributed by atoms with Crippen LogP contribution in [-0.4, -0.2) is 36.2 Å². The molecule has 2 rings (SSSR count). The van der Waals surface area contributed by atoms with E-state index in [1.807, 2.05) is 18.9 Å². The van der Waals surface area contributed by atoms with Gasteiger partial charge in [-0.25, -0.2) is 0 Å². The van der Waals surface area contributed by atoms with Gasteiger partial charge in [-0.3, -0.25) is 4.79 Å². The number of hydrogen-bond acceptors (Lipinski definition) is 3. The second-order valence-electron chi connectivity index (χ2n) is 4.68. The molecule has 1 N–H and O–H groups in total. The van der Waals surface area contributed by atoms with E-state index in [9.17, 15) is 4.79 Å². The van der Waals surface area contributed by atoms with E-state index < -0.39 is 0 Å². The SMILES string of the molecule is CNCCN1C(=O)[C@@H](C)S[C@H]1c1ccc(C)cc1. The molecule has 2 atom stereocenters. The van der Waals surface area contributed by atoms with Gasteiger partial charge >= 0.3 is 0 Å². The molecule has 1 aromatic carbocycles. The molecule has 0 aliphatic carbocycles. The zero-order chi connectivity index (χ0) is 13.1. The number of carbonyl (C=O) groups is 1. The topological polar surface area (TPSA) is 32.3 Å².